The van der Waals surface area contributed by atoms with Gasteiger partial charge in [-0.05, 0) is 49.2 Å². The van der Waals surface area contributed by atoms with Crippen molar-refractivity contribution in [3.8, 4) is 0 Å². The Kier molecular flexibility index (Phi) is 9.18. The van der Waals surface area contributed by atoms with Gasteiger partial charge in [-0.3, -0.25) is 13.9 Å². The lowest BCUT2D eigenvalue weighted by atomic mass is 10.1. The summed E-state index contributed by atoms with van der Waals surface area (Å²) < 4.78 is 52.6. The Morgan fingerprint density at radius 2 is 1.73 bits per heavy atom. The predicted octanol–water partition coefficient (Wildman–Crippen LogP) is 3.33. The molecule has 33 heavy (non-hydrogen) atoms. The Morgan fingerprint density at radius 3 is 2.24 bits per heavy atom. The first-order chi connectivity index (χ1) is 15.5. The quantitative estimate of drug-likeness (QED) is 0.541. The van der Waals surface area contributed by atoms with E-state index in [0.717, 1.165) is 22.7 Å². The van der Waals surface area contributed by atoms with Crippen LogP contribution in [0.25, 0.3) is 0 Å². The number of hydrogen-bond donors (Lipinski definition) is 1. The average molecular weight is 502 g/mol. The largest absolute Gasteiger partial charge is 0.355 e. The van der Waals surface area contributed by atoms with Crippen LogP contribution in [0.3, 0.4) is 0 Å². The van der Waals surface area contributed by atoms with Gasteiger partial charge < -0.3 is 10.2 Å². The van der Waals surface area contributed by atoms with Gasteiger partial charge in [-0.2, -0.15) is 0 Å². The zero-order valence-electron chi connectivity index (χ0n) is 18.5. The molecule has 11 heteroatoms. The van der Waals surface area contributed by atoms with Crippen molar-refractivity contribution in [1.29, 1.82) is 0 Å². The van der Waals surface area contributed by atoms with E-state index < -0.39 is 46.1 Å². The molecular formula is C22H26ClF2N3O4S. The lowest BCUT2D eigenvalue weighted by Gasteiger charge is -2.32. The number of hydrogen-bond acceptors (Lipinski definition) is 4. The Bertz CT molecular complexity index is 1100. The second-order valence-electron chi connectivity index (χ2n) is 7.33. The highest BCUT2D eigenvalue weighted by Gasteiger charge is 2.31. The first-order valence-corrected chi connectivity index (χ1v) is 12.4. The van der Waals surface area contributed by atoms with Gasteiger partial charge in [-0.25, -0.2) is 17.2 Å². The highest BCUT2D eigenvalue weighted by atomic mass is 35.5. The zero-order valence-corrected chi connectivity index (χ0v) is 20.1. The molecule has 0 spiro atoms. The predicted molar refractivity (Wildman–Crippen MR) is 123 cm³/mol. The molecule has 0 saturated carbocycles. The van der Waals surface area contributed by atoms with Gasteiger partial charge in [-0.1, -0.05) is 30.7 Å². The number of nitrogens with zero attached hydrogens (tertiary/aromatic N) is 2. The highest BCUT2D eigenvalue weighted by molar-refractivity contribution is 7.92. The summed E-state index contributed by atoms with van der Waals surface area (Å²) in [5, 5.41) is 2.37. The van der Waals surface area contributed by atoms with E-state index in [9.17, 15) is 26.8 Å². The van der Waals surface area contributed by atoms with Crippen LogP contribution in [-0.4, -0.2) is 50.5 Å². The Hall–Kier alpha value is -2.72. The molecule has 0 aliphatic rings. The number of likely N-dealkylation sites (N-methyl/N-ethyl adjacent to an activating group) is 1. The standard InChI is InChI=1S/C22H26ClF2N3O4S/c1-4-20(22(30)26-5-2)27(13-15-6-8-16(24)9-7-15)21(29)14-28(33(3,31)32)17-10-11-19(25)18(23)12-17/h6-12,20H,4-5,13-14H2,1-3H3,(H,26,30)/t20-/m0/s1. The normalized spacial score (nSPS) is 12.2. The van der Waals surface area contributed by atoms with Crippen LogP contribution in [0, 0.1) is 11.6 Å². The second kappa shape index (κ2) is 11.4. The van der Waals surface area contributed by atoms with Crippen molar-refractivity contribution < 1.29 is 26.8 Å². The number of rotatable bonds is 10. The van der Waals surface area contributed by atoms with Crippen molar-refractivity contribution in [2.75, 3.05) is 23.7 Å². The molecule has 2 amide bonds. The molecule has 0 bridgehead atoms. The molecule has 0 radical (unpaired) electrons. The molecular weight excluding hydrogens is 476 g/mol. The Labute approximate surface area is 197 Å². The number of amides is 2. The maximum atomic E-state index is 13.6. The lowest BCUT2D eigenvalue weighted by Crippen LogP contribution is -2.52. The van der Waals surface area contributed by atoms with Crippen LogP contribution in [-0.2, 0) is 26.2 Å². The molecule has 0 unspecified atom stereocenters. The molecule has 7 nitrogen and oxygen atoms in total. The van der Waals surface area contributed by atoms with Crippen molar-refractivity contribution in [3.63, 3.8) is 0 Å². The van der Waals surface area contributed by atoms with Gasteiger partial charge >= 0.3 is 0 Å². The number of nitrogens with one attached hydrogen (secondary N) is 1. The van der Waals surface area contributed by atoms with Gasteiger partial charge in [0.1, 0.15) is 24.2 Å². The molecule has 0 aliphatic carbocycles. The minimum Gasteiger partial charge on any atom is -0.355 e. The summed E-state index contributed by atoms with van der Waals surface area (Å²) in [5.74, 6) is -2.25. The van der Waals surface area contributed by atoms with Gasteiger partial charge in [-0.15, -0.1) is 0 Å². The van der Waals surface area contributed by atoms with E-state index >= 15 is 0 Å². The zero-order chi connectivity index (χ0) is 24.8. The molecule has 0 fully saturated rings. The fourth-order valence-corrected chi connectivity index (χ4v) is 4.27. The monoisotopic (exact) mass is 501 g/mol. The summed E-state index contributed by atoms with van der Waals surface area (Å²) in [4.78, 5) is 27.3. The van der Waals surface area contributed by atoms with Crippen molar-refractivity contribution in [1.82, 2.24) is 10.2 Å². The number of halogens is 3. The second-order valence-corrected chi connectivity index (χ2v) is 9.65. The van der Waals surface area contributed by atoms with E-state index in [0.29, 0.717) is 12.1 Å². The fraction of sp³-hybridized carbons (Fsp3) is 0.364. The molecule has 0 heterocycles. The van der Waals surface area contributed by atoms with Gasteiger partial charge in [0, 0.05) is 13.1 Å². The SMILES string of the molecule is CCNC(=O)[C@H](CC)N(Cc1ccc(F)cc1)C(=O)CN(c1ccc(F)c(Cl)c1)S(C)(=O)=O. The summed E-state index contributed by atoms with van der Waals surface area (Å²) in [6.45, 7) is 3.12. The first-order valence-electron chi connectivity index (χ1n) is 10.2. The minimum atomic E-state index is -3.96. The van der Waals surface area contributed by atoms with Gasteiger partial charge in [0.2, 0.25) is 21.8 Å². The van der Waals surface area contributed by atoms with Crippen molar-refractivity contribution >= 4 is 39.1 Å². The number of sulfonamides is 1. The lowest BCUT2D eigenvalue weighted by molar-refractivity contribution is -0.140. The van der Waals surface area contributed by atoms with E-state index in [2.05, 4.69) is 5.32 Å². The highest BCUT2D eigenvalue weighted by Crippen LogP contribution is 2.25. The van der Waals surface area contributed by atoms with Crippen molar-refractivity contribution in [2.24, 2.45) is 0 Å². The fourth-order valence-electron chi connectivity index (χ4n) is 3.25. The number of carbonyl (C=O) groups excluding carboxylic acids is 2. The van der Waals surface area contributed by atoms with Gasteiger partial charge in [0.25, 0.3) is 0 Å². The van der Waals surface area contributed by atoms with E-state index in [1.165, 1.54) is 35.2 Å². The van der Waals surface area contributed by atoms with Crippen LogP contribution in [0.5, 0.6) is 0 Å². The molecule has 0 aliphatic heterocycles. The molecule has 1 atom stereocenters. The molecule has 0 saturated heterocycles. The maximum absolute atomic E-state index is 13.6. The van der Waals surface area contributed by atoms with E-state index in [1.54, 1.807) is 13.8 Å². The van der Waals surface area contributed by atoms with Crippen molar-refractivity contribution in [3.05, 3.63) is 64.7 Å². The molecule has 180 valence electrons. The summed E-state index contributed by atoms with van der Waals surface area (Å²) in [5.41, 5.74) is 0.563. The molecule has 2 aromatic carbocycles. The van der Waals surface area contributed by atoms with E-state index in [1.807, 2.05) is 0 Å². The van der Waals surface area contributed by atoms with Crippen LogP contribution in [0.15, 0.2) is 42.5 Å². The van der Waals surface area contributed by atoms with Gasteiger partial charge in [0.05, 0.1) is 17.0 Å². The van der Waals surface area contributed by atoms with Crippen LogP contribution < -0.4 is 9.62 Å². The van der Waals surface area contributed by atoms with Crippen LogP contribution in [0.1, 0.15) is 25.8 Å². The summed E-state index contributed by atoms with van der Waals surface area (Å²) in [7, 11) is -3.96. The smallest absolute Gasteiger partial charge is 0.244 e. The number of anilines is 1. The van der Waals surface area contributed by atoms with E-state index in [4.69, 9.17) is 11.6 Å². The summed E-state index contributed by atoms with van der Waals surface area (Å²) in [6, 6.07) is 7.84. The number of benzene rings is 2. The third kappa shape index (κ3) is 7.13. The molecule has 1 N–H and O–H groups in total. The molecule has 0 aromatic heterocycles. The molecule has 2 rings (SSSR count). The third-order valence-electron chi connectivity index (χ3n) is 4.87. The summed E-state index contributed by atoms with van der Waals surface area (Å²) >= 11 is 5.80. The molecule has 2 aromatic rings. The average Bonchev–Trinajstić information content (AvgIpc) is 2.74. The van der Waals surface area contributed by atoms with E-state index in [-0.39, 0.29) is 23.7 Å². The number of carbonyl (C=O) groups is 2. The third-order valence-corrected chi connectivity index (χ3v) is 6.30. The topological polar surface area (TPSA) is 86.8 Å². The van der Waals surface area contributed by atoms with Crippen LogP contribution in [0.2, 0.25) is 5.02 Å². The summed E-state index contributed by atoms with van der Waals surface area (Å²) in [6.07, 6.45) is 1.17. The minimum absolute atomic E-state index is 0.00467. The van der Waals surface area contributed by atoms with Crippen LogP contribution in [0.4, 0.5) is 14.5 Å². The Morgan fingerprint density at radius 1 is 1.09 bits per heavy atom. The van der Waals surface area contributed by atoms with Crippen molar-refractivity contribution in [2.45, 2.75) is 32.9 Å². The van der Waals surface area contributed by atoms with Gasteiger partial charge in [0.15, 0.2) is 0 Å². The Balaban J connectivity index is 2.44. The first kappa shape index (κ1) is 26.5. The van der Waals surface area contributed by atoms with Crippen LogP contribution >= 0.6 is 11.6 Å². The maximum Gasteiger partial charge on any atom is 0.244 e.